The molecule has 1 atom stereocenters. The molecule has 25 heavy (non-hydrogen) atoms. The van der Waals surface area contributed by atoms with E-state index in [9.17, 15) is 13.2 Å². The number of likely N-dealkylation sites (tertiary alicyclic amines) is 1. The maximum Gasteiger partial charge on any atom is 0.422 e. The summed E-state index contributed by atoms with van der Waals surface area (Å²) in [4.78, 5) is 14.2. The van der Waals surface area contributed by atoms with Crippen molar-refractivity contribution < 1.29 is 22.7 Å². The van der Waals surface area contributed by atoms with E-state index >= 15 is 0 Å². The van der Waals surface area contributed by atoms with Crippen molar-refractivity contribution >= 4 is 16.3 Å². The molecule has 9 heteroatoms. The minimum atomic E-state index is -3.99. The van der Waals surface area contributed by atoms with Crippen LogP contribution in [0, 0.1) is 0 Å². The second-order valence-corrected chi connectivity index (χ2v) is 9.42. The van der Waals surface area contributed by atoms with Gasteiger partial charge in [0.25, 0.3) is 0 Å². The van der Waals surface area contributed by atoms with Gasteiger partial charge < -0.3 is 14.4 Å². The van der Waals surface area contributed by atoms with Gasteiger partial charge in [-0.25, -0.2) is 9.52 Å². The number of hydrogen-bond donors (Lipinski definition) is 1. The van der Waals surface area contributed by atoms with E-state index in [1.807, 2.05) is 7.05 Å². The molecular weight excluding hydrogens is 346 g/mol. The van der Waals surface area contributed by atoms with Crippen molar-refractivity contribution in [2.75, 3.05) is 33.4 Å². The molecule has 1 unspecified atom stereocenters. The minimum absolute atomic E-state index is 0.151. The molecule has 0 radical (unpaired) electrons. The van der Waals surface area contributed by atoms with Crippen LogP contribution in [0.25, 0.3) is 0 Å². The summed E-state index contributed by atoms with van der Waals surface area (Å²) in [5.41, 5.74) is -0.756. The van der Waals surface area contributed by atoms with Crippen LogP contribution in [0.4, 0.5) is 4.79 Å². The van der Waals surface area contributed by atoms with Crippen molar-refractivity contribution in [2.24, 2.45) is 0 Å². The first-order valence-electron chi connectivity index (χ1n) is 8.89. The molecule has 146 valence electrons. The number of rotatable bonds is 4. The van der Waals surface area contributed by atoms with Crippen molar-refractivity contribution in [1.82, 2.24) is 13.9 Å². The predicted molar refractivity (Wildman–Crippen MR) is 94.5 cm³/mol. The van der Waals surface area contributed by atoms with Crippen LogP contribution < -0.4 is 4.72 Å². The number of likely N-dealkylation sites (N-methyl/N-ethyl adjacent to an activating group) is 1. The molecule has 2 aliphatic heterocycles. The maximum absolute atomic E-state index is 13.0. The van der Waals surface area contributed by atoms with Crippen molar-refractivity contribution in [3.05, 3.63) is 0 Å². The molecule has 0 aromatic heterocycles. The highest BCUT2D eigenvalue weighted by atomic mass is 32.2. The summed E-state index contributed by atoms with van der Waals surface area (Å²) >= 11 is 0. The number of nitrogens with one attached hydrogen (secondary N) is 1. The zero-order valence-electron chi connectivity index (χ0n) is 15.7. The Labute approximate surface area is 151 Å². The van der Waals surface area contributed by atoms with Gasteiger partial charge in [0.1, 0.15) is 5.60 Å². The molecule has 2 fully saturated rings. The Hall–Kier alpha value is -0.900. The number of carbonyl (C=O) groups is 1. The average Bonchev–Trinajstić information content (AvgIpc) is 2.45. The molecule has 0 saturated carbocycles. The van der Waals surface area contributed by atoms with Crippen LogP contribution in [0.1, 0.15) is 46.5 Å². The lowest BCUT2D eigenvalue weighted by atomic mass is 10.0. The standard InChI is InChI=1S/C16H31N3O5S/c1-16(2,3)24-15(20)17-25(21,22)19(13-7-10-23-11-8-13)14-6-5-9-18(4)12-14/h13-14H,5-12H2,1-4H3,(H,17,20). The fourth-order valence-electron chi connectivity index (χ4n) is 3.43. The number of amides is 1. The van der Waals surface area contributed by atoms with Crippen molar-refractivity contribution in [2.45, 2.75) is 64.1 Å². The normalized spacial score (nSPS) is 24.3. The zero-order valence-corrected chi connectivity index (χ0v) is 16.5. The third-order valence-electron chi connectivity index (χ3n) is 4.40. The zero-order chi connectivity index (χ0) is 18.7. The summed E-state index contributed by atoms with van der Waals surface area (Å²) in [6, 6.07) is -0.313. The molecule has 0 aromatic rings. The lowest BCUT2D eigenvalue weighted by Gasteiger charge is -2.42. The maximum atomic E-state index is 13.0. The Kier molecular flexibility index (Phi) is 6.69. The van der Waals surface area contributed by atoms with E-state index in [1.165, 1.54) is 4.31 Å². The van der Waals surface area contributed by atoms with Gasteiger partial charge in [0.15, 0.2) is 0 Å². The average molecular weight is 378 g/mol. The first-order chi connectivity index (χ1) is 11.6. The van der Waals surface area contributed by atoms with E-state index in [4.69, 9.17) is 9.47 Å². The Morgan fingerprint density at radius 1 is 1.20 bits per heavy atom. The summed E-state index contributed by atoms with van der Waals surface area (Å²) in [7, 11) is -2.00. The monoisotopic (exact) mass is 377 g/mol. The van der Waals surface area contributed by atoms with Crippen LogP contribution in [0.3, 0.4) is 0 Å². The lowest BCUT2D eigenvalue weighted by molar-refractivity contribution is 0.0374. The van der Waals surface area contributed by atoms with Crippen LogP contribution in [0.15, 0.2) is 0 Å². The molecule has 0 aromatic carbocycles. The van der Waals surface area contributed by atoms with Gasteiger partial charge in [-0.05, 0) is 60.0 Å². The Morgan fingerprint density at radius 2 is 1.84 bits per heavy atom. The first-order valence-corrected chi connectivity index (χ1v) is 10.3. The minimum Gasteiger partial charge on any atom is -0.443 e. The van der Waals surface area contributed by atoms with Gasteiger partial charge in [-0.15, -0.1) is 0 Å². The fraction of sp³-hybridized carbons (Fsp3) is 0.938. The summed E-state index contributed by atoms with van der Waals surface area (Å²) < 4.78 is 40.1. The summed E-state index contributed by atoms with van der Waals surface area (Å²) in [5, 5.41) is 0. The molecule has 2 saturated heterocycles. The highest BCUT2D eigenvalue weighted by molar-refractivity contribution is 7.87. The smallest absolute Gasteiger partial charge is 0.422 e. The third kappa shape index (κ3) is 6.09. The Balaban J connectivity index is 2.18. The van der Waals surface area contributed by atoms with Gasteiger partial charge in [-0.2, -0.15) is 12.7 Å². The molecule has 1 amide bonds. The summed E-state index contributed by atoms with van der Waals surface area (Å²) in [6.45, 7) is 7.78. The van der Waals surface area contributed by atoms with Crippen LogP contribution in [-0.2, 0) is 19.7 Å². The second kappa shape index (κ2) is 8.20. The highest BCUT2D eigenvalue weighted by Crippen LogP contribution is 2.25. The largest absolute Gasteiger partial charge is 0.443 e. The van der Waals surface area contributed by atoms with E-state index in [0.29, 0.717) is 32.6 Å². The topological polar surface area (TPSA) is 88.2 Å². The molecule has 0 bridgehead atoms. The van der Waals surface area contributed by atoms with E-state index in [0.717, 1.165) is 19.4 Å². The van der Waals surface area contributed by atoms with Gasteiger partial charge >= 0.3 is 16.3 Å². The molecule has 0 spiro atoms. The summed E-state index contributed by atoms with van der Waals surface area (Å²) in [6.07, 6.45) is 2.05. The molecule has 2 aliphatic rings. The molecule has 2 rings (SSSR count). The van der Waals surface area contributed by atoms with E-state index in [2.05, 4.69) is 9.62 Å². The SMILES string of the molecule is CN1CCCC(N(C2CCOCC2)S(=O)(=O)NC(=O)OC(C)(C)C)C1. The quantitative estimate of drug-likeness (QED) is 0.795. The van der Waals surface area contributed by atoms with Crippen LogP contribution >= 0.6 is 0 Å². The van der Waals surface area contributed by atoms with Crippen LogP contribution in [0.2, 0.25) is 0 Å². The van der Waals surface area contributed by atoms with Crippen LogP contribution in [0.5, 0.6) is 0 Å². The van der Waals surface area contributed by atoms with Gasteiger partial charge in [0, 0.05) is 31.8 Å². The second-order valence-electron chi connectivity index (χ2n) is 7.84. The molecule has 2 heterocycles. The van der Waals surface area contributed by atoms with Gasteiger partial charge in [0.2, 0.25) is 0 Å². The highest BCUT2D eigenvalue weighted by Gasteiger charge is 2.40. The van der Waals surface area contributed by atoms with E-state index < -0.39 is 21.9 Å². The third-order valence-corrected chi connectivity index (χ3v) is 5.97. The van der Waals surface area contributed by atoms with Gasteiger partial charge in [0.05, 0.1) is 0 Å². The molecular formula is C16H31N3O5S. The van der Waals surface area contributed by atoms with Crippen molar-refractivity contribution in [3.63, 3.8) is 0 Å². The number of piperidine rings is 1. The number of hydrogen-bond acceptors (Lipinski definition) is 6. The molecule has 8 nitrogen and oxygen atoms in total. The Morgan fingerprint density at radius 3 is 2.40 bits per heavy atom. The molecule has 0 aliphatic carbocycles. The van der Waals surface area contributed by atoms with Crippen molar-refractivity contribution in [1.29, 1.82) is 0 Å². The van der Waals surface area contributed by atoms with Gasteiger partial charge in [-0.1, -0.05) is 0 Å². The van der Waals surface area contributed by atoms with E-state index in [-0.39, 0.29) is 12.1 Å². The fourth-order valence-corrected chi connectivity index (χ4v) is 4.96. The summed E-state index contributed by atoms with van der Waals surface area (Å²) in [5.74, 6) is 0. The number of ether oxygens (including phenoxy) is 2. The lowest BCUT2D eigenvalue weighted by Crippen LogP contribution is -2.58. The number of nitrogens with zero attached hydrogens (tertiary/aromatic N) is 2. The van der Waals surface area contributed by atoms with Crippen LogP contribution in [-0.4, -0.2) is 74.8 Å². The predicted octanol–water partition coefficient (Wildman–Crippen LogP) is 1.33. The molecule has 1 N–H and O–H groups in total. The van der Waals surface area contributed by atoms with Crippen molar-refractivity contribution in [3.8, 4) is 0 Å². The Bertz CT molecular complexity index is 555. The van der Waals surface area contributed by atoms with E-state index in [1.54, 1.807) is 20.8 Å². The first kappa shape index (κ1) is 20.4. The van der Waals surface area contributed by atoms with Gasteiger partial charge in [-0.3, -0.25) is 0 Å². The number of carbonyl (C=O) groups excluding carboxylic acids is 1.